The van der Waals surface area contributed by atoms with Crippen molar-refractivity contribution in [3.05, 3.63) is 0 Å². The molecule has 0 aliphatic heterocycles. The van der Waals surface area contributed by atoms with E-state index in [9.17, 15) is 0 Å². The minimum atomic E-state index is 0.161. The Morgan fingerprint density at radius 1 is 1.33 bits per heavy atom. The predicted octanol–water partition coefficient (Wildman–Crippen LogP) is 1.40. The summed E-state index contributed by atoms with van der Waals surface area (Å²) in [6.45, 7) is 3.17. The van der Waals surface area contributed by atoms with Gasteiger partial charge in [-0.3, -0.25) is 0 Å². The second-order valence-corrected chi connectivity index (χ2v) is 4.81. The van der Waals surface area contributed by atoms with Crippen molar-refractivity contribution in [1.29, 1.82) is 0 Å². The number of aliphatic hydroxyl groups excluding tert-OH is 1. The van der Waals surface area contributed by atoms with Gasteiger partial charge in [-0.2, -0.15) is 0 Å². The summed E-state index contributed by atoms with van der Waals surface area (Å²) in [5.41, 5.74) is 6.07. The average Bonchev–Trinajstić information content (AvgIpc) is 2.30. The standard InChI is InChI=1S/C12H26N2O/c1-2-11(6-9-15)14-12(10-13)7-4-3-5-8-12/h11,14-15H,2-10,13H2,1H3. The molecule has 1 aliphatic carbocycles. The topological polar surface area (TPSA) is 58.3 Å². The van der Waals surface area contributed by atoms with Gasteiger partial charge in [-0.1, -0.05) is 26.2 Å². The molecule has 0 spiro atoms. The van der Waals surface area contributed by atoms with E-state index in [0.29, 0.717) is 6.04 Å². The molecule has 0 aromatic carbocycles. The van der Waals surface area contributed by atoms with Gasteiger partial charge in [0.1, 0.15) is 0 Å². The molecule has 1 saturated carbocycles. The Morgan fingerprint density at radius 3 is 2.47 bits per heavy atom. The van der Waals surface area contributed by atoms with Crippen molar-refractivity contribution in [3.8, 4) is 0 Å². The first-order valence-corrected chi connectivity index (χ1v) is 6.35. The SMILES string of the molecule is CCC(CCO)NC1(CN)CCCCC1. The van der Waals surface area contributed by atoms with Gasteiger partial charge in [0.2, 0.25) is 0 Å². The largest absolute Gasteiger partial charge is 0.396 e. The Morgan fingerprint density at radius 2 is 2.00 bits per heavy atom. The molecule has 0 radical (unpaired) electrons. The number of nitrogens with two attached hydrogens (primary N) is 1. The van der Waals surface area contributed by atoms with E-state index in [1.165, 1.54) is 32.1 Å². The predicted molar refractivity (Wildman–Crippen MR) is 63.8 cm³/mol. The third kappa shape index (κ3) is 3.74. The number of hydrogen-bond donors (Lipinski definition) is 3. The smallest absolute Gasteiger partial charge is 0.0445 e. The molecular formula is C12H26N2O. The Kier molecular flexibility index (Phi) is 5.58. The van der Waals surface area contributed by atoms with Crippen LogP contribution in [-0.2, 0) is 0 Å². The third-order valence-corrected chi connectivity index (χ3v) is 3.68. The minimum absolute atomic E-state index is 0.161. The maximum absolute atomic E-state index is 8.98. The molecule has 0 bridgehead atoms. The Labute approximate surface area is 93.4 Å². The molecule has 1 aliphatic rings. The summed E-state index contributed by atoms with van der Waals surface area (Å²) in [6, 6.07) is 0.427. The lowest BCUT2D eigenvalue weighted by Gasteiger charge is -2.40. The lowest BCUT2D eigenvalue weighted by molar-refractivity contribution is 0.187. The van der Waals surface area contributed by atoms with Crippen molar-refractivity contribution in [2.24, 2.45) is 5.73 Å². The number of hydrogen-bond acceptors (Lipinski definition) is 3. The fourth-order valence-electron chi connectivity index (χ4n) is 2.60. The van der Waals surface area contributed by atoms with Gasteiger partial charge in [0.15, 0.2) is 0 Å². The van der Waals surface area contributed by atoms with Crippen LogP contribution in [0.5, 0.6) is 0 Å². The van der Waals surface area contributed by atoms with Crippen molar-refractivity contribution in [3.63, 3.8) is 0 Å². The molecule has 1 rings (SSSR count). The Hall–Kier alpha value is -0.120. The maximum Gasteiger partial charge on any atom is 0.0445 e. The molecular weight excluding hydrogens is 188 g/mol. The monoisotopic (exact) mass is 214 g/mol. The van der Waals surface area contributed by atoms with Crippen LogP contribution in [0.1, 0.15) is 51.9 Å². The van der Waals surface area contributed by atoms with Gasteiger partial charge in [0.05, 0.1) is 0 Å². The Balaban J connectivity index is 2.49. The van der Waals surface area contributed by atoms with E-state index in [2.05, 4.69) is 12.2 Å². The van der Waals surface area contributed by atoms with E-state index >= 15 is 0 Å². The summed E-state index contributed by atoms with van der Waals surface area (Å²) in [5.74, 6) is 0. The highest BCUT2D eigenvalue weighted by Crippen LogP contribution is 2.28. The lowest BCUT2D eigenvalue weighted by Crippen LogP contribution is -2.56. The minimum Gasteiger partial charge on any atom is -0.396 e. The highest BCUT2D eigenvalue weighted by atomic mass is 16.3. The quantitative estimate of drug-likeness (QED) is 0.626. The normalized spacial score (nSPS) is 22.6. The second kappa shape index (κ2) is 6.46. The fraction of sp³-hybridized carbons (Fsp3) is 1.00. The second-order valence-electron chi connectivity index (χ2n) is 4.81. The first-order valence-electron chi connectivity index (χ1n) is 6.35. The van der Waals surface area contributed by atoms with Crippen LogP contribution < -0.4 is 11.1 Å². The van der Waals surface area contributed by atoms with E-state index in [1.807, 2.05) is 0 Å². The summed E-state index contributed by atoms with van der Waals surface area (Å²) in [7, 11) is 0. The average molecular weight is 214 g/mol. The van der Waals surface area contributed by atoms with E-state index < -0.39 is 0 Å². The number of rotatable bonds is 6. The van der Waals surface area contributed by atoms with Crippen LogP contribution in [0, 0.1) is 0 Å². The molecule has 1 fully saturated rings. The molecule has 1 unspecified atom stereocenters. The summed E-state index contributed by atoms with van der Waals surface area (Å²) < 4.78 is 0. The van der Waals surface area contributed by atoms with Crippen molar-refractivity contribution in [1.82, 2.24) is 5.32 Å². The molecule has 0 saturated heterocycles. The van der Waals surface area contributed by atoms with Gasteiger partial charge in [-0.15, -0.1) is 0 Å². The maximum atomic E-state index is 8.98. The van der Waals surface area contributed by atoms with E-state index in [4.69, 9.17) is 10.8 Å². The molecule has 0 aromatic heterocycles. The van der Waals surface area contributed by atoms with E-state index in [-0.39, 0.29) is 12.1 Å². The van der Waals surface area contributed by atoms with Gasteiger partial charge in [-0.25, -0.2) is 0 Å². The number of nitrogens with one attached hydrogen (secondary N) is 1. The summed E-state index contributed by atoms with van der Waals surface area (Å²) in [6.07, 6.45) is 8.25. The van der Waals surface area contributed by atoms with Crippen molar-refractivity contribution < 1.29 is 5.11 Å². The summed E-state index contributed by atoms with van der Waals surface area (Å²) in [4.78, 5) is 0. The van der Waals surface area contributed by atoms with Gasteiger partial charge in [0.25, 0.3) is 0 Å². The zero-order valence-electron chi connectivity index (χ0n) is 9.97. The molecule has 3 nitrogen and oxygen atoms in total. The van der Waals surface area contributed by atoms with Crippen LogP contribution in [0.15, 0.2) is 0 Å². The molecule has 0 heterocycles. The molecule has 0 aromatic rings. The number of aliphatic hydroxyl groups is 1. The van der Waals surface area contributed by atoms with Crippen molar-refractivity contribution in [2.45, 2.75) is 63.5 Å². The zero-order valence-corrected chi connectivity index (χ0v) is 9.97. The molecule has 0 amide bonds. The first kappa shape index (κ1) is 12.9. The third-order valence-electron chi connectivity index (χ3n) is 3.68. The van der Waals surface area contributed by atoms with Crippen molar-refractivity contribution >= 4 is 0 Å². The molecule has 3 heteroatoms. The van der Waals surface area contributed by atoms with Gasteiger partial charge in [-0.05, 0) is 25.7 Å². The van der Waals surface area contributed by atoms with E-state index in [1.54, 1.807) is 0 Å². The summed E-state index contributed by atoms with van der Waals surface area (Å²) >= 11 is 0. The highest BCUT2D eigenvalue weighted by molar-refractivity contribution is 4.93. The zero-order chi connectivity index (χ0) is 11.1. The fourth-order valence-corrected chi connectivity index (χ4v) is 2.60. The highest BCUT2D eigenvalue weighted by Gasteiger charge is 2.31. The van der Waals surface area contributed by atoms with Crippen LogP contribution >= 0.6 is 0 Å². The summed E-state index contributed by atoms with van der Waals surface area (Å²) in [5, 5.41) is 12.7. The van der Waals surface area contributed by atoms with Gasteiger partial charge < -0.3 is 16.2 Å². The van der Waals surface area contributed by atoms with E-state index in [0.717, 1.165) is 19.4 Å². The van der Waals surface area contributed by atoms with Crippen LogP contribution in [0.2, 0.25) is 0 Å². The van der Waals surface area contributed by atoms with Crippen LogP contribution in [0.25, 0.3) is 0 Å². The molecule has 15 heavy (non-hydrogen) atoms. The molecule has 90 valence electrons. The van der Waals surface area contributed by atoms with Crippen LogP contribution in [0.4, 0.5) is 0 Å². The molecule has 4 N–H and O–H groups in total. The van der Waals surface area contributed by atoms with Gasteiger partial charge >= 0.3 is 0 Å². The lowest BCUT2D eigenvalue weighted by atomic mass is 9.81. The van der Waals surface area contributed by atoms with Crippen molar-refractivity contribution in [2.75, 3.05) is 13.2 Å². The first-order chi connectivity index (χ1) is 7.26. The van der Waals surface area contributed by atoms with Gasteiger partial charge in [0, 0.05) is 24.7 Å². The van der Waals surface area contributed by atoms with Crippen LogP contribution in [0.3, 0.4) is 0 Å². The molecule has 1 atom stereocenters. The Bertz CT molecular complexity index is 167. The van der Waals surface area contributed by atoms with Crippen LogP contribution in [-0.4, -0.2) is 29.8 Å².